The fourth-order valence-corrected chi connectivity index (χ4v) is 2.91. The molecule has 1 saturated carbocycles. The normalized spacial score (nSPS) is 28.0. The van der Waals surface area contributed by atoms with Gasteiger partial charge in [-0.25, -0.2) is 4.79 Å². The van der Waals surface area contributed by atoms with Gasteiger partial charge in [0.25, 0.3) is 0 Å². The lowest BCUT2D eigenvalue weighted by Gasteiger charge is -2.33. The minimum absolute atomic E-state index is 0.0320. The molecule has 1 atom stereocenters. The van der Waals surface area contributed by atoms with Gasteiger partial charge in [-0.15, -0.1) is 0 Å². The first-order valence-electron chi connectivity index (χ1n) is 3.81. The van der Waals surface area contributed by atoms with E-state index < -0.39 is 5.97 Å². The minimum atomic E-state index is -0.914. The van der Waals surface area contributed by atoms with Gasteiger partial charge in [-0.2, -0.15) is 11.8 Å². The fraction of sp³-hybridized carbons (Fsp3) is 0.500. The number of ketones is 1. The van der Waals surface area contributed by atoms with Crippen molar-refractivity contribution in [2.75, 3.05) is 5.75 Å². The average Bonchev–Trinajstić information content (AvgIpc) is 2.01. The van der Waals surface area contributed by atoms with Crippen LogP contribution >= 0.6 is 11.8 Å². The molecule has 1 N–H and O–H groups in total. The summed E-state index contributed by atoms with van der Waals surface area (Å²) in [5.41, 5.74) is 0.939. The van der Waals surface area contributed by atoms with E-state index in [2.05, 4.69) is 0 Å². The van der Waals surface area contributed by atoms with Crippen molar-refractivity contribution in [3.8, 4) is 0 Å². The van der Waals surface area contributed by atoms with Crippen LogP contribution in [-0.2, 0) is 9.59 Å². The quantitative estimate of drug-likeness (QED) is 0.656. The van der Waals surface area contributed by atoms with Crippen LogP contribution < -0.4 is 0 Å². The molecule has 1 fully saturated rings. The lowest BCUT2D eigenvalue weighted by atomic mass is 9.84. The largest absolute Gasteiger partial charge is 0.478 e. The summed E-state index contributed by atoms with van der Waals surface area (Å²) in [4.78, 5) is 21.7. The van der Waals surface area contributed by atoms with Crippen molar-refractivity contribution in [1.29, 1.82) is 0 Å². The third kappa shape index (κ3) is 0.982. The van der Waals surface area contributed by atoms with Crippen molar-refractivity contribution in [1.82, 2.24) is 0 Å². The molecule has 1 unspecified atom stereocenters. The van der Waals surface area contributed by atoms with Gasteiger partial charge in [-0.1, -0.05) is 0 Å². The Bertz CT molecular complexity index is 283. The van der Waals surface area contributed by atoms with Gasteiger partial charge in [-0.3, -0.25) is 4.79 Å². The topological polar surface area (TPSA) is 54.4 Å². The fourth-order valence-electron chi connectivity index (χ4n) is 1.59. The van der Waals surface area contributed by atoms with Gasteiger partial charge in [0.05, 0.1) is 0 Å². The van der Waals surface area contributed by atoms with Crippen LogP contribution in [0.1, 0.15) is 12.8 Å². The molecule has 0 radical (unpaired) electrons. The third-order valence-corrected chi connectivity index (χ3v) is 3.49. The number of carbonyl (C=O) groups is 2. The number of carbonyl (C=O) groups excluding carboxylic acids is 1. The van der Waals surface area contributed by atoms with E-state index >= 15 is 0 Å². The van der Waals surface area contributed by atoms with Gasteiger partial charge in [0, 0.05) is 22.8 Å². The zero-order valence-electron chi connectivity index (χ0n) is 6.37. The van der Waals surface area contributed by atoms with Gasteiger partial charge in [-0.05, 0) is 12.2 Å². The van der Waals surface area contributed by atoms with Crippen LogP contribution in [0, 0.1) is 0 Å². The molecule has 12 heavy (non-hydrogen) atoms. The molecule has 0 aromatic rings. The second-order valence-electron chi connectivity index (χ2n) is 2.93. The second kappa shape index (κ2) is 2.62. The Morgan fingerprint density at radius 3 is 2.83 bits per heavy atom. The van der Waals surface area contributed by atoms with Crippen molar-refractivity contribution in [2.45, 2.75) is 18.1 Å². The number of hydrogen-bond acceptors (Lipinski definition) is 3. The van der Waals surface area contributed by atoms with Crippen molar-refractivity contribution in [3.05, 3.63) is 11.1 Å². The Labute approximate surface area is 73.8 Å². The summed E-state index contributed by atoms with van der Waals surface area (Å²) in [6.07, 6.45) is 1.08. The van der Waals surface area contributed by atoms with Crippen LogP contribution in [-0.4, -0.2) is 27.9 Å². The first-order chi connectivity index (χ1) is 5.70. The highest BCUT2D eigenvalue weighted by Gasteiger charge is 2.40. The van der Waals surface area contributed by atoms with Crippen molar-refractivity contribution < 1.29 is 14.7 Å². The van der Waals surface area contributed by atoms with Crippen molar-refractivity contribution in [2.24, 2.45) is 0 Å². The highest BCUT2D eigenvalue weighted by molar-refractivity contribution is 8.00. The van der Waals surface area contributed by atoms with Crippen LogP contribution in [0.5, 0.6) is 0 Å². The smallest absolute Gasteiger partial charge is 0.332 e. The van der Waals surface area contributed by atoms with Crippen LogP contribution in [0.3, 0.4) is 0 Å². The average molecular weight is 184 g/mol. The Kier molecular flexibility index (Phi) is 1.72. The first-order valence-corrected chi connectivity index (χ1v) is 4.86. The molecule has 0 saturated heterocycles. The van der Waals surface area contributed by atoms with E-state index in [4.69, 9.17) is 5.11 Å². The summed E-state index contributed by atoms with van der Waals surface area (Å²) in [6, 6.07) is 0. The third-order valence-electron chi connectivity index (χ3n) is 2.25. The SMILES string of the molecule is O=C(O)C1=C2C(=O)CC2SCC1. The van der Waals surface area contributed by atoms with E-state index in [9.17, 15) is 9.59 Å². The zero-order valence-corrected chi connectivity index (χ0v) is 7.19. The van der Waals surface area contributed by atoms with E-state index in [0.717, 1.165) is 5.75 Å². The molecule has 4 heteroatoms. The standard InChI is InChI=1S/C8H8O3S/c9-5-3-6-7(5)4(8(10)11)1-2-12-6/h6H,1-3H2,(H,10,11). The highest BCUT2D eigenvalue weighted by atomic mass is 32.2. The van der Waals surface area contributed by atoms with Gasteiger partial charge >= 0.3 is 5.97 Å². The summed E-state index contributed by atoms with van der Waals surface area (Å²) in [5.74, 6) is -0.0451. The van der Waals surface area contributed by atoms with Crippen LogP contribution in [0.25, 0.3) is 0 Å². The molecule has 0 spiro atoms. The first kappa shape index (κ1) is 7.86. The lowest BCUT2D eigenvalue weighted by molar-refractivity contribution is -0.133. The summed E-state index contributed by atoms with van der Waals surface area (Å²) in [7, 11) is 0. The number of aliphatic carboxylic acids is 1. The predicted molar refractivity (Wildman–Crippen MR) is 45.1 cm³/mol. The Morgan fingerprint density at radius 2 is 2.33 bits per heavy atom. The maximum atomic E-state index is 11.0. The number of Topliss-reactive ketones (excluding diaryl/α,β-unsaturated/α-hetero) is 1. The predicted octanol–water partition coefficient (Wildman–Crippen LogP) is 0.846. The van der Waals surface area contributed by atoms with Crippen molar-refractivity contribution in [3.63, 3.8) is 0 Å². The van der Waals surface area contributed by atoms with Crippen LogP contribution in [0.15, 0.2) is 11.1 Å². The maximum Gasteiger partial charge on any atom is 0.332 e. The molecule has 1 aliphatic carbocycles. The molecule has 64 valence electrons. The van der Waals surface area contributed by atoms with Gasteiger partial charge < -0.3 is 5.11 Å². The molecule has 0 aromatic heterocycles. The van der Waals surface area contributed by atoms with E-state index in [1.807, 2.05) is 0 Å². The number of carboxylic acid groups (broad SMARTS) is 1. The monoisotopic (exact) mass is 184 g/mol. The minimum Gasteiger partial charge on any atom is -0.478 e. The molecule has 3 nitrogen and oxygen atoms in total. The van der Waals surface area contributed by atoms with Gasteiger partial charge in [0.15, 0.2) is 5.78 Å². The maximum absolute atomic E-state index is 11.0. The van der Waals surface area contributed by atoms with Gasteiger partial charge in [0.2, 0.25) is 0 Å². The lowest BCUT2D eigenvalue weighted by Crippen LogP contribution is -2.36. The Hall–Kier alpha value is -0.770. The molecule has 0 aromatic carbocycles. The Morgan fingerprint density at radius 1 is 1.58 bits per heavy atom. The van der Waals surface area contributed by atoms with Crippen LogP contribution in [0.4, 0.5) is 0 Å². The molecule has 1 heterocycles. The number of rotatable bonds is 1. The second-order valence-corrected chi connectivity index (χ2v) is 4.24. The number of carboxylic acids is 1. The zero-order chi connectivity index (χ0) is 8.72. The summed E-state index contributed by atoms with van der Waals surface area (Å²) in [5, 5.41) is 8.95. The van der Waals surface area contributed by atoms with E-state index in [0.29, 0.717) is 24.0 Å². The van der Waals surface area contributed by atoms with Gasteiger partial charge in [0.1, 0.15) is 0 Å². The summed E-state index contributed by atoms with van der Waals surface area (Å²) < 4.78 is 0. The van der Waals surface area contributed by atoms with E-state index in [-0.39, 0.29) is 11.0 Å². The van der Waals surface area contributed by atoms with Crippen LogP contribution in [0.2, 0.25) is 0 Å². The molecule has 2 aliphatic rings. The molecule has 0 amide bonds. The molecule has 2 rings (SSSR count). The highest BCUT2D eigenvalue weighted by Crippen LogP contribution is 2.41. The molecule has 0 bridgehead atoms. The summed E-state index contributed by atoms with van der Waals surface area (Å²) in [6.45, 7) is 0. The Balaban J connectivity index is 2.38. The van der Waals surface area contributed by atoms with E-state index in [1.165, 1.54) is 0 Å². The molecular weight excluding hydrogens is 176 g/mol. The molecular formula is C8H8O3S. The number of thioether (sulfide) groups is 1. The molecule has 1 aliphatic heterocycles. The van der Waals surface area contributed by atoms with E-state index in [1.54, 1.807) is 11.8 Å². The number of hydrogen-bond donors (Lipinski definition) is 1. The number of fused-ring (bicyclic) bond motifs is 1. The van der Waals surface area contributed by atoms with Crippen molar-refractivity contribution >= 4 is 23.5 Å². The summed E-state index contributed by atoms with van der Waals surface area (Å²) >= 11 is 1.70.